The summed E-state index contributed by atoms with van der Waals surface area (Å²) in [5.74, 6) is -0.291. The molecule has 82 valence electrons. The lowest BCUT2D eigenvalue weighted by molar-refractivity contribution is 0.337. The number of anilines is 1. The highest BCUT2D eigenvalue weighted by molar-refractivity contribution is 5.55. The molecule has 1 aromatic carbocycles. The van der Waals surface area contributed by atoms with Gasteiger partial charge in [-0.15, -0.1) is 0 Å². The van der Waals surface area contributed by atoms with Gasteiger partial charge in [0.05, 0.1) is 5.70 Å². The molecule has 3 N–H and O–H groups in total. The van der Waals surface area contributed by atoms with E-state index in [2.05, 4.69) is 11.9 Å². The summed E-state index contributed by atoms with van der Waals surface area (Å²) in [5, 5.41) is 22.3. The highest BCUT2D eigenvalue weighted by atomic mass is 16.3. The summed E-state index contributed by atoms with van der Waals surface area (Å²) in [5.41, 5.74) is 1.90. The summed E-state index contributed by atoms with van der Waals surface area (Å²) in [6, 6.07) is 9.47. The Balaban J connectivity index is 2.22. The van der Waals surface area contributed by atoms with Crippen LogP contribution in [-0.2, 0) is 0 Å². The maximum atomic E-state index is 9.71. The summed E-state index contributed by atoms with van der Waals surface area (Å²) in [4.78, 5) is 0. The van der Waals surface area contributed by atoms with Gasteiger partial charge in [-0.1, -0.05) is 30.9 Å². The zero-order valence-electron chi connectivity index (χ0n) is 8.77. The van der Waals surface area contributed by atoms with Crippen LogP contribution in [0.3, 0.4) is 0 Å². The van der Waals surface area contributed by atoms with Crippen LogP contribution in [0.25, 0.3) is 0 Å². The first-order valence-corrected chi connectivity index (χ1v) is 5.01. The Hall–Kier alpha value is -2.16. The molecule has 0 unspecified atom stereocenters. The van der Waals surface area contributed by atoms with E-state index >= 15 is 0 Å². The molecule has 16 heavy (non-hydrogen) atoms. The van der Waals surface area contributed by atoms with Crippen molar-refractivity contribution in [2.75, 3.05) is 5.32 Å². The summed E-state index contributed by atoms with van der Waals surface area (Å²) in [6.07, 6.45) is 2.33. The summed E-state index contributed by atoms with van der Waals surface area (Å²) in [6.45, 7) is 3.65. The number of para-hydroxylation sites is 1. The quantitative estimate of drug-likeness (QED) is 0.709. The van der Waals surface area contributed by atoms with Crippen LogP contribution < -0.4 is 5.32 Å². The molecule has 2 rings (SSSR count). The van der Waals surface area contributed by atoms with Crippen molar-refractivity contribution in [3.8, 4) is 0 Å². The minimum Gasteiger partial charge on any atom is -0.504 e. The number of allylic oxidation sites excluding steroid dienone is 2. The van der Waals surface area contributed by atoms with Crippen molar-refractivity contribution < 1.29 is 10.2 Å². The first-order valence-electron chi connectivity index (χ1n) is 5.01. The standard InChI is InChI=1S/C13H13NO2/c1-9-7-8-11(13(16)12(9)15)14-10-5-3-2-4-6-10/h2-6,8,14-16H,1,7H2. The number of nitrogens with one attached hydrogen (secondary N) is 1. The van der Waals surface area contributed by atoms with Gasteiger partial charge in [0.25, 0.3) is 0 Å². The van der Waals surface area contributed by atoms with E-state index in [1.807, 2.05) is 30.3 Å². The van der Waals surface area contributed by atoms with Crippen molar-refractivity contribution >= 4 is 5.69 Å². The third-order valence-corrected chi connectivity index (χ3v) is 2.42. The summed E-state index contributed by atoms with van der Waals surface area (Å²) >= 11 is 0. The first-order chi connectivity index (χ1) is 7.68. The highest BCUT2D eigenvalue weighted by Crippen LogP contribution is 2.25. The zero-order chi connectivity index (χ0) is 11.5. The van der Waals surface area contributed by atoms with Crippen LogP contribution >= 0.6 is 0 Å². The SMILES string of the molecule is C=C1CC=C(Nc2ccccc2)C(O)=C1O. The number of benzene rings is 1. The van der Waals surface area contributed by atoms with Crippen molar-refractivity contribution in [3.63, 3.8) is 0 Å². The van der Waals surface area contributed by atoms with Gasteiger partial charge in [0.1, 0.15) is 0 Å². The minimum absolute atomic E-state index is 0.138. The van der Waals surface area contributed by atoms with Crippen LogP contribution in [0.2, 0.25) is 0 Å². The second kappa shape index (κ2) is 4.14. The van der Waals surface area contributed by atoms with Crippen LogP contribution in [0, 0.1) is 0 Å². The Kier molecular flexibility index (Phi) is 2.68. The van der Waals surface area contributed by atoms with Crippen LogP contribution in [0.1, 0.15) is 6.42 Å². The second-order valence-corrected chi connectivity index (χ2v) is 3.61. The molecule has 0 amide bonds. The molecular formula is C13H13NO2. The maximum Gasteiger partial charge on any atom is 0.181 e. The highest BCUT2D eigenvalue weighted by Gasteiger charge is 2.17. The summed E-state index contributed by atoms with van der Waals surface area (Å²) in [7, 11) is 0. The lowest BCUT2D eigenvalue weighted by atomic mass is 10.0. The predicted molar refractivity (Wildman–Crippen MR) is 64.2 cm³/mol. The minimum atomic E-state index is -0.153. The molecule has 0 aromatic heterocycles. The molecule has 0 atom stereocenters. The molecule has 0 spiro atoms. The van der Waals surface area contributed by atoms with Gasteiger partial charge >= 0.3 is 0 Å². The molecule has 0 bridgehead atoms. The van der Waals surface area contributed by atoms with E-state index < -0.39 is 0 Å². The smallest absolute Gasteiger partial charge is 0.181 e. The topological polar surface area (TPSA) is 52.5 Å². The molecule has 1 aliphatic carbocycles. The average molecular weight is 215 g/mol. The van der Waals surface area contributed by atoms with Crippen LogP contribution in [0.15, 0.2) is 65.8 Å². The molecule has 3 nitrogen and oxygen atoms in total. The zero-order valence-corrected chi connectivity index (χ0v) is 8.77. The molecule has 1 aliphatic rings. The Morgan fingerprint density at radius 1 is 1.06 bits per heavy atom. The van der Waals surface area contributed by atoms with E-state index in [1.165, 1.54) is 0 Å². The number of rotatable bonds is 2. The van der Waals surface area contributed by atoms with Crippen molar-refractivity contribution in [2.24, 2.45) is 0 Å². The number of aliphatic hydroxyl groups excluding tert-OH is 2. The molecule has 3 heteroatoms. The first kappa shape index (κ1) is 10.4. The van der Waals surface area contributed by atoms with E-state index in [0.717, 1.165) is 5.69 Å². The Morgan fingerprint density at radius 3 is 2.44 bits per heavy atom. The van der Waals surface area contributed by atoms with Crippen molar-refractivity contribution in [1.29, 1.82) is 0 Å². The summed E-state index contributed by atoms with van der Waals surface area (Å²) < 4.78 is 0. The molecule has 0 radical (unpaired) electrons. The van der Waals surface area contributed by atoms with Crippen LogP contribution in [0.4, 0.5) is 5.69 Å². The second-order valence-electron chi connectivity index (χ2n) is 3.61. The molecular weight excluding hydrogens is 202 g/mol. The van der Waals surface area contributed by atoms with E-state index in [4.69, 9.17) is 0 Å². The van der Waals surface area contributed by atoms with Gasteiger partial charge in [0.2, 0.25) is 0 Å². The normalized spacial score (nSPS) is 16.0. The van der Waals surface area contributed by atoms with Gasteiger partial charge in [-0.25, -0.2) is 0 Å². The number of aliphatic hydroxyl groups is 2. The van der Waals surface area contributed by atoms with E-state index in [-0.39, 0.29) is 11.5 Å². The lowest BCUT2D eigenvalue weighted by Gasteiger charge is -2.17. The fourth-order valence-electron chi connectivity index (χ4n) is 1.50. The van der Waals surface area contributed by atoms with Gasteiger partial charge in [-0.05, 0) is 24.1 Å². The predicted octanol–water partition coefficient (Wildman–Crippen LogP) is 3.27. The van der Waals surface area contributed by atoms with Gasteiger partial charge < -0.3 is 15.5 Å². The average Bonchev–Trinajstić information content (AvgIpc) is 2.31. The molecule has 0 heterocycles. The largest absolute Gasteiger partial charge is 0.504 e. The van der Waals surface area contributed by atoms with Crippen molar-refractivity contribution in [1.82, 2.24) is 0 Å². The number of hydrogen-bond acceptors (Lipinski definition) is 3. The van der Waals surface area contributed by atoms with E-state index in [9.17, 15) is 10.2 Å². The van der Waals surface area contributed by atoms with Crippen LogP contribution in [-0.4, -0.2) is 10.2 Å². The van der Waals surface area contributed by atoms with E-state index in [1.54, 1.807) is 6.08 Å². The lowest BCUT2D eigenvalue weighted by Crippen LogP contribution is -2.09. The molecule has 0 fully saturated rings. The van der Waals surface area contributed by atoms with Gasteiger partial charge in [-0.3, -0.25) is 0 Å². The van der Waals surface area contributed by atoms with Crippen molar-refractivity contribution in [3.05, 3.63) is 65.8 Å². The van der Waals surface area contributed by atoms with Gasteiger partial charge in [0.15, 0.2) is 11.5 Å². The maximum absolute atomic E-state index is 9.71. The van der Waals surface area contributed by atoms with Crippen LogP contribution in [0.5, 0.6) is 0 Å². The van der Waals surface area contributed by atoms with E-state index in [0.29, 0.717) is 17.7 Å². The molecule has 0 aliphatic heterocycles. The van der Waals surface area contributed by atoms with Gasteiger partial charge in [-0.2, -0.15) is 0 Å². The third kappa shape index (κ3) is 1.93. The van der Waals surface area contributed by atoms with Gasteiger partial charge in [0, 0.05) is 5.69 Å². The molecule has 0 saturated carbocycles. The Bertz CT molecular complexity index is 472. The Morgan fingerprint density at radius 2 is 1.75 bits per heavy atom. The number of hydrogen-bond donors (Lipinski definition) is 3. The Labute approximate surface area is 94.0 Å². The van der Waals surface area contributed by atoms with Crippen molar-refractivity contribution in [2.45, 2.75) is 6.42 Å². The third-order valence-electron chi connectivity index (χ3n) is 2.42. The molecule has 1 aromatic rings. The fraction of sp³-hybridized carbons (Fsp3) is 0.0769. The molecule has 0 saturated heterocycles. The fourth-order valence-corrected chi connectivity index (χ4v) is 1.50. The monoisotopic (exact) mass is 215 g/mol.